The maximum absolute atomic E-state index is 10.6. The summed E-state index contributed by atoms with van der Waals surface area (Å²) in [6.07, 6.45) is 3.12. The minimum atomic E-state index is 0.613. The maximum atomic E-state index is 10.6. The number of rotatable bonds is 3. The molecule has 86 valence electrons. The van der Waals surface area contributed by atoms with E-state index in [2.05, 4.69) is 29.6 Å². The predicted octanol–water partition coefficient (Wildman–Crippen LogP) is 2.06. The molecule has 1 fully saturated rings. The number of hydrogen-bond acceptors (Lipinski definition) is 2. The number of carbonyl (C=O) groups excluding carboxylic acids is 1. The monoisotopic (exact) mass is 218 g/mol. The van der Waals surface area contributed by atoms with Crippen molar-refractivity contribution in [3.8, 4) is 0 Å². The van der Waals surface area contributed by atoms with E-state index in [0.717, 1.165) is 38.0 Å². The summed E-state index contributed by atoms with van der Waals surface area (Å²) in [4.78, 5) is 12.5. The molecule has 0 aliphatic carbocycles. The van der Waals surface area contributed by atoms with E-state index < -0.39 is 0 Å². The van der Waals surface area contributed by atoms with Gasteiger partial charge in [-0.25, -0.2) is 0 Å². The fraction of sp³-hybridized carbons (Fsp3) is 0.462. The molecule has 3 heteroatoms. The Morgan fingerprint density at radius 3 is 2.38 bits per heavy atom. The van der Waals surface area contributed by atoms with Crippen LogP contribution < -0.4 is 5.32 Å². The second-order valence-corrected chi connectivity index (χ2v) is 4.29. The first kappa shape index (κ1) is 11.0. The van der Waals surface area contributed by atoms with E-state index in [1.807, 2.05) is 11.9 Å². The lowest BCUT2D eigenvalue weighted by atomic mass is 9.89. The van der Waals surface area contributed by atoms with Crippen molar-refractivity contribution >= 4 is 12.1 Å². The van der Waals surface area contributed by atoms with Crippen LogP contribution in [0, 0.1) is 0 Å². The first-order valence-corrected chi connectivity index (χ1v) is 5.80. The van der Waals surface area contributed by atoms with Crippen molar-refractivity contribution in [2.75, 3.05) is 25.5 Å². The first-order valence-electron chi connectivity index (χ1n) is 5.80. The van der Waals surface area contributed by atoms with Gasteiger partial charge in [-0.1, -0.05) is 12.1 Å². The molecule has 1 aliphatic heterocycles. The molecule has 3 nitrogen and oxygen atoms in total. The molecule has 16 heavy (non-hydrogen) atoms. The van der Waals surface area contributed by atoms with E-state index in [1.165, 1.54) is 5.56 Å². The van der Waals surface area contributed by atoms with Crippen LogP contribution in [0.15, 0.2) is 24.3 Å². The highest BCUT2D eigenvalue weighted by Gasteiger charge is 2.19. The van der Waals surface area contributed by atoms with Crippen LogP contribution in [0.2, 0.25) is 0 Å². The highest BCUT2D eigenvalue weighted by Crippen LogP contribution is 2.28. The molecule has 0 spiro atoms. The number of carbonyl (C=O) groups is 1. The van der Waals surface area contributed by atoms with Crippen LogP contribution >= 0.6 is 0 Å². The zero-order chi connectivity index (χ0) is 11.4. The minimum Gasteiger partial charge on any atom is -0.388 e. The number of likely N-dealkylation sites (tertiary alicyclic amines) is 1. The van der Waals surface area contributed by atoms with Crippen molar-refractivity contribution in [3.63, 3.8) is 0 Å². The van der Waals surface area contributed by atoms with Crippen molar-refractivity contribution in [2.45, 2.75) is 18.8 Å². The van der Waals surface area contributed by atoms with E-state index >= 15 is 0 Å². The molecule has 0 atom stereocenters. The number of amides is 1. The number of piperidine rings is 1. The van der Waals surface area contributed by atoms with Crippen LogP contribution in [0.5, 0.6) is 0 Å². The average molecular weight is 218 g/mol. The number of anilines is 1. The number of hydrogen-bond donors (Lipinski definition) is 1. The van der Waals surface area contributed by atoms with Crippen molar-refractivity contribution in [3.05, 3.63) is 29.8 Å². The summed E-state index contributed by atoms with van der Waals surface area (Å²) < 4.78 is 0. The van der Waals surface area contributed by atoms with Gasteiger partial charge in [0, 0.05) is 25.8 Å². The van der Waals surface area contributed by atoms with Gasteiger partial charge in [0.05, 0.1) is 0 Å². The zero-order valence-electron chi connectivity index (χ0n) is 9.65. The van der Waals surface area contributed by atoms with Crippen molar-refractivity contribution < 1.29 is 4.79 Å². The lowest BCUT2D eigenvalue weighted by Gasteiger charge is -2.29. The lowest BCUT2D eigenvalue weighted by molar-refractivity contribution is -0.119. The largest absolute Gasteiger partial charge is 0.388 e. The number of nitrogens with one attached hydrogen (secondary N) is 1. The van der Waals surface area contributed by atoms with Crippen LogP contribution in [0.25, 0.3) is 0 Å². The quantitative estimate of drug-likeness (QED) is 0.788. The smallest absolute Gasteiger partial charge is 0.209 e. The molecule has 0 radical (unpaired) electrons. The van der Waals surface area contributed by atoms with Gasteiger partial charge in [-0.2, -0.15) is 0 Å². The van der Waals surface area contributed by atoms with Gasteiger partial charge in [-0.05, 0) is 36.5 Å². The van der Waals surface area contributed by atoms with Gasteiger partial charge >= 0.3 is 0 Å². The van der Waals surface area contributed by atoms with Gasteiger partial charge in [0.1, 0.15) is 0 Å². The summed E-state index contributed by atoms with van der Waals surface area (Å²) in [6, 6.07) is 8.60. The summed E-state index contributed by atoms with van der Waals surface area (Å²) in [6.45, 7) is 1.78. The Labute approximate surface area is 96.5 Å². The summed E-state index contributed by atoms with van der Waals surface area (Å²) in [7, 11) is 1.93. The van der Waals surface area contributed by atoms with Gasteiger partial charge in [-0.3, -0.25) is 4.79 Å². The van der Waals surface area contributed by atoms with Crippen molar-refractivity contribution in [1.82, 2.24) is 4.90 Å². The van der Waals surface area contributed by atoms with Gasteiger partial charge in [0.15, 0.2) is 0 Å². The van der Waals surface area contributed by atoms with E-state index in [-0.39, 0.29) is 0 Å². The molecule has 1 N–H and O–H groups in total. The van der Waals surface area contributed by atoms with Gasteiger partial charge in [-0.15, -0.1) is 0 Å². The third kappa shape index (κ3) is 2.35. The molecule has 1 aromatic carbocycles. The Balaban J connectivity index is 1.99. The van der Waals surface area contributed by atoms with Crippen LogP contribution in [0.1, 0.15) is 24.3 Å². The average Bonchev–Trinajstić information content (AvgIpc) is 2.39. The fourth-order valence-electron chi connectivity index (χ4n) is 2.26. The van der Waals surface area contributed by atoms with Gasteiger partial charge < -0.3 is 10.2 Å². The Morgan fingerprint density at radius 2 is 1.88 bits per heavy atom. The van der Waals surface area contributed by atoms with E-state index in [1.54, 1.807) is 0 Å². The molecule has 1 amide bonds. The van der Waals surface area contributed by atoms with Gasteiger partial charge in [0.2, 0.25) is 6.41 Å². The highest BCUT2D eigenvalue weighted by molar-refractivity contribution is 5.48. The SMILES string of the molecule is CNc1ccc(C2CCN(C=O)CC2)cc1. The van der Waals surface area contributed by atoms with E-state index in [4.69, 9.17) is 0 Å². The fourth-order valence-corrected chi connectivity index (χ4v) is 2.26. The number of benzene rings is 1. The summed E-state index contributed by atoms with van der Waals surface area (Å²) in [5.74, 6) is 0.613. The molecule has 1 aromatic rings. The summed E-state index contributed by atoms with van der Waals surface area (Å²) in [5.41, 5.74) is 2.54. The summed E-state index contributed by atoms with van der Waals surface area (Å²) >= 11 is 0. The Hall–Kier alpha value is -1.51. The lowest BCUT2D eigenvalue weighted by Crippen LogP contribution is -2.31. The van der Waals surface area contributed by atoms with Crippen molar-refractivity contribution in [2.24, 2.45) is 0 Å². The molecular formula is C13H18N2O. The van der Waals surface area contributed by atoms with Crippen LogP contribution in [0.4, 0.5) is 5.69 Å². The van der Waals surface area contributed by atoms with Crippen LogP contribution in [-0.4, -0.2) is 31.4 Å². The molecule has 1 saturated heterocycles. The van der Waals surface area contributed by atoms with Gasteiger partial charge in [0.25, 0.3) is 0 Å². The predicted molar refractivity (Wildman–Crippen MR) is 65.6 cm³/mol. The molecular weight excluding hydrogens is 200 g/mol. The Kier molecular flexibility index (Phi) is 3.44. The summed E-state index contributed by atoms with van der Waals surface area (Å²) in [5, 5.41) is 3.12. The molecule has 0 bridgehead atoms. The third-order valence-corrected chi connectivity index (χ3v) is 3.35. The van der Waals surface area contributed by atoms with E-state index in [0.29, 0.717) is 5.92 Å². The molecule has 1 aliphatic rings. The molecule has 1 heterocycles. The highest BCUT2D eigenvalue weighted by atomic mass is 16.1. The molecule has 2 rings (SSSR count). The minimum absolute atomic E-state index is 0.613. The second-order valence-electron chi connectivity index (χ2n) is 4.29. The number of nitrogens with zero attached hydrogens (tertiary/aromatic N) is 1. The Bertz CT molecular complexity index is 339. The topological polar surface area (TPSA) is 32.3 Å². The maximum Gasteiger partial charge on any atom is 0.209 e. The molecule has 0 saturated carbocycles. The third-order valence-electron chi connectivity index (χ3n) is 3.35. The van der Waals surface area contributed by atoms with Crippen molar-refractivity contribution in [1.29, 1.82) is 0 Å². The Morgan fingerprint density at radius 1 is 1.25 bits per heavy atom. The van der Waals surface area contributed by atoms with Crippen LogP contribution in [-0.2, 0) is 4.79 Å². The second kappa shape index (κ2) is 5.01. The standard InChI is InChI=1S/C13H18N2O/c1-14-13-4-2-11(3-5-13)12-6-8-15(10-16)9-7-12/h2-5,10,12,14H,6-9H2,1H3. The zero-order valence-corrected chi connectivity index (χ0v) is 9.65. The normalized spacial score (nSPS) is 17.2. The molecule has 0 aromatic heterocycles. The molecule has 0 unspecified atom stereocenters. The van der Waals surface area contributed by atoms with E-state index in [9.17, 15) is 4.79 Å². The first-order chi connectivity index (χ1) is 7.83. The van der Waals surface area contributed by atoms with Crippen LogP contribution in [0.3, 0.4) is 0 Å².